The molecule has 0 atom stereocenters. The van der Waals surface area contributed by atoms with E-state index in [-0.39, 0.29) is 5.41 Å². The second kappa shape index (κ2) is 8.21. The van der Waals surface area contributed by atoms with Crippen molar-refractivity contribution in [3.05, 3.63) is 0 Å². The molecule has 0 aromatic rings. The number of rotatable bonds is 6. The predicted octanol–water partition coefficient (Wildman–Crippen LogP) is 6.48. The molecule has 0 aromatic heterocycles. The molecule has 120 valence electrons. The van der Waals surface area contributed by atoms with Crippen LogP contribution in [0.3, 0.4) is 0 Å². The zero-order valence-electron chi connectivity index (χ0n) is 14.4. The maximum Gasteiger partial charge on any atom is 0.0689 e. The molecule has 1 nitrogen and oxygen atoms in total. The van der Waals surface area contributed by atoms with Gasteiger partial charge in [-0.3, -0.25) is 0 Å². The molecule has 0 amide bonds. The van der Waals surface area contributed by atoms with E-state index in [1.807, 2.05) is 0 Å². The lowest BCUT2D eigenvalue weighted by molar-refractivity contribution is 0.118. The molecule has 21 heavy (non-hydrogen) atoms. The van der Waals surface area contributed by atoms with Crippen molar-refractivity contribution in [1.29, 1.82) is 5.26 Å². The second-order valence-corrected chi connectivity index (χ2v) is 7.86. The monoisotopic (exact) mass is 289 g/mol. The second-order valence-electron chi connectivity index (χ2n) is 7.86. The first-order valence-corrected chi connectivity index (χ1v) is 9.64. The number of nitrogens with zero attached hydrogens (tertiary/aromatic N) is 1. The number of hydrogen-bond acceptors (Lipinski definition) is 1. The summed E-state index contributed by atoms with van der Waals surface area (Å²) in [5, 5.41) is 9.43. The van der Waals surface area contributed by atoms with Gasteiger partial charge in [-0.1, -0.05) is 52.4 Å². The average molecular weight is 290 g/mol. The third-order valence-corrected chi connectivity index (χ3v) is 6.68. The van der Waals surface area contributed by atoms with Crippen LogP contribution in [0.25, 0.3) is 0 Å². The summed E-state index contributed by atoms with van der Waals surface area (Å²) in [7, 11) is 0. The summed E-state index contributed by atoms with van der Waals surface area (Å²) in [5.74, 6) is 2.96. The Bertz CT molecular complexity index is 324. The van der Waals surface area contributed by atoms with Gasteiger partial charge in [-0.25, -0.2) is 0 Å². The van der Waals surface area contributed by atoms with Crippen LogP contribution in [0.2, 0.25) is 0 Å². The Morgan fingerprint density at radius 2 is 1.52 bits per heavy atom. The van der Waals surface area contributed by atoms with Gasteiger partial charge in [0, 0.05) is 0 Å². The topological polar surface area (TPSA) is 23.8 Å². The van der Waals surface area contributed by atoms with E-state index < -0.39 is 0 Å². The summed E-state index contributed by atoms with van der Waals surface area (Å²) in [4.78, 5) is 0. The fraction of sp³-hybridized carbons (Fsp3) is 0.950. The van der Waals surface area contributed by atoms with Crippen LogP contribution in [-0.2, 0) is 0 Å². The van der Waals surface area contributed by atoms with Gasteiger partial charge in [-0.2, -0.15) is 5.26 Å². The SMILES string of the molecule is CCCCCC1CCC(C2CCC(C#N)(CC)CC2)CC1. The van der Waals surface area contributed by atoms with Crippen molar-refractivity contribution in [3.63, 3.8) is 0 Å². The third kappa shape index (κ3) is 4.48. The van der Waals surface area contributed by atoms with Gasteiger partial charge in [0.2, 0.25) is 0 Å². The molecular formula is C20H35N. The van der Waals surface area contributed by atoms with E-state index in [4.69, 9.17) is 0 Å². The van der Waals surface area contributed by atoms with E-state index in [0.29, 0.717) is 0 Å². The van der Waals surface area contributed by atoms with Gasteiger partial charge in [0.15, 0.2) is 0 Å². The molecule has 0 aromatic carbocycles. The van der Waals surface area contributed by atoms with Gasteiger partial charge in [0.25, 0.3) is 0 Å². The van der Waals surface area contributed by atoms with Crippen molar-refractivity contribution in [2.24, 2.45) is 23.2 Å². The molecule has 0 aliphatic heterocycles. The summed E-state index contributed by atoms with van der Waals surface area (Å²) >= 11 is 0. The summed E-state index contributed by atoms with van der Waals surface area (Å²) in [5.41, 5.74) is 0.0356. The van der Waals surface area contributed by atoms with E-state index in [1.54, 1.807) is 0 Å². The highest BCUT2D eigenvalue weighted by atomic mass is 14.4. The number of hydrogen-bond donors (Lipinski definition) is 0. The Balaban J connectivity index is 1.71. The normalized spacial score (nSPS) is 37.1. The zero-order valence-corrected chi connectivity index (χ0v) is 14.4. The smallest absolute Gasteiger partial charge is 0.0689 e. The van der Waals surface area contributed by atoms with Crippen LogP contribution in [0.15, 0.2) is 0 Å². The van der Waals surface area contributed by atoms with Crippen LogP contribution >= 0.6 is 0 Å². The van der Waals surface area contributed by atoms with Crippen LogP contribution in [0.4, 0.5) is 0 Å². The van der Waals surface area contributed by atoms with Gasteiger partial charge >= 0.3 is 0 Å². The maximum atomic E-state index is 9.43. The van der Waals surface area contributed by atoms with Crippen molar-refractivity contribution in [3.8, 4) is 6.07 Å². The highest BCUT2D eigenvalue weighted by molar-refractivity contribution is 5.01. The molecule has 2 saturated carbocycles. The molecule has 2 fully saturated rings. The van der Waals surface area contributed by atoms with Gasteiger partial charge in [0.1, 0.15) is 0 Å². The lowest BCUT2D eigenvalue weighted by atomic mass is 9.64. The molecule has 0 spiro atoms. The summed E-state index contributed by atoms with van der Waals surface area (Å²) in [6.07, 6.45) is 17.7. The van der Waals surface area contributed by atoms with Crippen molar-refractivity contribution < 1.29 is 0 Å². The first-order valence-electron chi connectivity index (χ1n) is 9.64. The van der Waals surface area contributed by atoms with Crippen LogP contribution in [0, 0.1) is 34.5 Å². The Morgan fingerprint density at radius 1 is 0.905 bits per heavy atom. The van der Waals surface area contributed by atoms with Crippen molar-refractivity contribution >= 4 is 0 Å². The molecule has 2 aliphatic carbocycles. The van der Waals surface area contributed by atoms with Gasteiger partial charge in [-0.15, -0.1) is 0 Å². The highest BCUT2D eigenvalue weighted by Crippen LogP contribution is 2.47. The standard InChI is InChI=1S/C20H35N/c1-3-5-6-7-17-8-10-18(11-9-17)19-12-14-20(4-2,16-21)15-13-19/h17-19H,3-15H2,1-2H3. The highest BCUT2D eigenvalue weighted by Gasteiger charge is 2.37. The van der Waals surface area contributed by atoms with Crippen molar-refractivity contribution in [2.45, 2.75) is 97.3 Å². The Morgan fingerprint density at radius 3 is 2.05 bits per heavy atom. The summed E-state index contributed by atoms with van der Waals surface area (Å²) in [6.45, 7) is 4.50. The van der Waals surface area contributed by atoms with Crippen molar-refractivity contribution in [1.82, 2.24) is 0 Å². The van der Waals surface area contributed by atoms with Gasteiger partial charge < -0.3 is 0 Å². The number of unbranched alkanes of at least 4 members (excludes halogenated alkanes) is 2. The Hall–Kier alpha value is -0.510. The molecule has 0 bridgehead atoms. The maximum absolute atomic E-state index is 9.43. The molecule has 0 N–H and O–H groups in total. The van der Waals surface area contributed by atoms with Gasteiger partial charge in [0.05, 0.1) is 11.5 Å². The molecule has 0 unspecified atom stereocenters. The van der Waals surface area contributed by atoms with E-state index in [9.17, 15) is 5.26 Å². The van der Waals surface area contributed by atoms with Crippen LogP contribution in [-0.4, -0.2) is 0 Å². The fourth-order valence-electron chi connectivity index (χ4n) is 4.84. The summed E-state index contributed by atoms with van der Waals surface area (Å²) < 4.78 is 0. The molecule has 1 heteroatoms. The minimum Gasteiger partial charge on any atom is -0.198 e. The van der Waals surface area contributed by atoms with E-state index in [1.165, 1.54) is 77.0 Å². The third-order valence-electron chi connectivity index (χ3n) is 6.68. The number of nitriles is 1. The predicted molar refractivity (Wildman–Crippen MR) is 89.9 cm³/mol. The Labute approximate surface area is 132 Å². The molecule has 0 heterocycles. The minimum atomic E-state index is 0.0356. The van der Waals surface area contributed by atoms with E-state index >= 15 is 0 Å². The molecule has 0 radical (unpaired) electrons. The lowest BCUT2D eigenvalue weighted by Gasteiger charge is -2.40. The first-order chi connectivity index (χ1) is 10.2. The van der Waals surface area contributed by atoms with E-state index in [2.05, 4.69) is 19.9 Å². The zero-order chi connectivity index (χ0) is 15.1. The van der Waals surface area contributed by atoms with Crippen LogP contribution in [0.1, 0.15) is 97.3 Å². The van der Waals surface area contributed by atoms with E-state index in [0.717, 1.165) is 24.2 Å². The van der Waals surface area contributed by atoms with Crippen LogP contribution in [0.5, 0.6) is 0 Å². The molecular weight excluding hydrogens is 254 g/mol. The largest absolute Gasteiger partial charge is 0.198 e. The first kappa shape index (κ1) is 16.9. The molecule has 2 rings (SSSR count). The fourth-order valence-corrected chi connectivity index (χ4v) is 4.84. The van der Waals surface area contributed by atoms with Crippen LogP contribution < -0.4 is 0 Å². The summed E-state index contributed by atoms with van der Waals surface area (Å²) in [6, 6.07) is 2.63. The molecule has 0 saturated heterocycles. The van der Waals surface area contributed by atoms with Crippen molar-refractivity contribution in [2.75, 3.05) is 0 Å². The minimum absolute atomic E-state index is 0.0356. The molecule has 2 aliphatic rings. The average Bonchev–Trinajstić information content (AvgIpc) is 2.56. The van der Waals surface area contributed by atoms with Gasteiger partial charge in [-0.05, 0) is 62.7 Å². The lowest BCUT2D eigenvalue weighted by Crippen LogP contribution is -2.30. The quantitative estimate of drug-likeness (QED) is 0.513. The Kier molecular flexibility index (Phi) is 6.59.